The number of hydrogen-bond donors (Lipinski definition) is 1. The van der Waals surface area contributed by atoms with Crippen LogP contribution in [0, 0.1) is 10.1 Å². The third kappa shape index (κ3) is 2.00. The second-order valence-electron chi connectivity index (χ2n) is 4.19. The molecule has 0 aliphatic carbocycles. The molecule has 20 heavy (non-hydrogen) atoms. The first-order valence-corrected chi connectivity index (χ1v) is 7.80. The molecule has 1 saturated heterocycles. The molecule has 1 fully saturated rings. The Morgan fingerprint density at radius 1 is 1.60 bits per heavy atom. The van der Waals surface area contributed by atoms with Crippen LogP contribution in [-0.2, 0) is 4.79 Å². The second kappa shape index (κ2) is 4.94. The third-order valence-corrected chi connectivity index (χ3v) is 4.86. The van der Waals surface area contributed by atoms with E-state index in [1.54, 1.807) is 11.6 Å². The maximum absolute atomic E-state index is 11.3. The van der Waals surface area contributed by atoms with Crippen LogP contribution in [0.4, 0.5) is 11.6 Å². The molecule has 106 valence electrons. The molecule has 1 aliphatic heterocycles. The number of nitro groups is 1. The van der Waals surface area contributed by atoms with Gasteiger partial charge >= 0.3 is 11.8 Å². The van der Waals surface area contributed by atoms with Crippen LogP contribution in [0.15, 0.2) is 11.6 Å². The molecule has 10 heteroatoms. The van der Waals surface area contributed by atoms with Crippen molar-refractivity contribution >= 4 is 45.7 Å². The summed E-state index contributed by atoms with van der Waals surface area (Å²) in [5.74, 6) is 0.126. The van der Waals surface area contributed by atoms with Gasteiger partial charge in [0.25, 0.3) is 4.96 Å². The first-order valence-electron chi connectivity index (χ1n) is 5.76. The molecule has 1 unspecified atom stereocenters. The van der Waals surface area contributed by atoms with Crippen LogP contribution in [0.2, 0.25) is 0 Å². The van der Waals surface area contributed by atoms with Gasteiger partial charge in [-0.1, -0.05) is 11.3 Å². The fourth-order valence-corrected chi connectivity index (χ4v) is 3.93. The number of thiazole rings is 1. The maximum atomic E-state index is 11.3. The van der Waals surface area contributed by atoms with Crippen molar-refractivity contribution in [3.05, 3.63) is 21.7 Å². The molecule has 0 spiro atoms. The molecule has 1 N–H and O–H groups in total. The van der Waals surface area contributed by atoms with Gasteiger partial charge in [0.2, 0.25) is 5.82 Å². The zero-order valence-electron chi connectivity index (χ0n) is 10.1. The number of rotatable bonds is 3. The fourth-order valence-electron chi connectivity index (χ4n) is 2.19. The van der Waals surface area contributed by atoms with Crippen LogP contribution >= 0.6 is 23.1 Å². The molecular formula is C10H10N4O4S2. The van der Waals surface area contributed by atoms with E-state index < -0.39 is 16.9 Å². The molecule has 3 heterocycles. The maximum Gasteiger partial charge on any atom is 0.373 e. The summed E-state index contributed by atoms with van der Waals surface area (Å²) < 4.78 is 1.39. The Hall–Kier alpha value is -1.81. The quantitative estimate of drug-likeness (QED) is 0.673. The molecule has 1 aliphatic rings. The van der Waals surface area contributed by atoms with E-state index >= 15 is 0 Å². The molecule has 3 rings (SSSR count). The number of hydrogen-bond acceptors (Lipinski definition) is 7. The summed E-state index contributed by atoms with van der Waals surface area (Å²) in [5, 5.41) is 22.3. The van der Waals surface area contributed by atoms with Crippen molar-refractivity contribution in [1.29, 1.82) is 0 Å². The first kappa shape index (κ1) is 13.2. The summed E-state index contributed by atoms with van der Waals surface area (Å²) in [7, 11) is 0. The number of nitrogens with zero attached hydrogens (tertiary/aromatic N) is 4. The predicted molar refractivity (Wildman–Crippen MR) is 75.8 cm³/mol. The van der Waals surface area contributed by atoms with Gasteiger partial charge in [-0.25, -0.2) is 4.79 Å². The zero-order chi connectivity index (χ0) is 14.3. The molecule has 2 aromatic heterocycles. The van der Waals surface area contributed by atoms with E-state index in [1.807, 2.05) is 0 Å². The lowest BCUT2D eigenvalue weighted by Crippen LogP contribution is -2.47. The van der Waals surface area contributed by atoms with E-state index in [4.69, 9.17) is 0 Å². The first-order chi connectivity index (χ1) is 9.59. The Balaban J connectivity index is 2.12. The lowest BCUT2D eigenvalue weighted by atomic mass is 10.2. The van der Waals surface area contributed by atoms with Crippen molar-refractivity contribution in [3.63, 3.8) is 0 Å². The molecule has 8 nitrogen and oxygen atoms in total. The van der Waals surface area contributed by atoms with Crippen LogP contribution < -0.4 is 4.90 Å². The van der Waals surface area contributed by atoms with Gasteiger partial charge in [-0.05, 0) is 4.92 Å². The van der Waals surface area contributed by atoms with E-state index in [-0.39, 0.29) is 11.6 Å². The van der Waals surface area contributed by atoms with Gasteiger partial charge in [0.1, 0.15) is 12.2 Å². The Morgan fingerprint density at radius 2 is 2.40 bits per heavy atom. The highest BCUT2D eigenvalue weighted by Crippen LogP contribution is 2.34. The number of imidazole rings is 1. The van der Waals surface area contributed by atoms with Gasteiger partial charge < -0.3 is 20.1 Å². The average Bonchev–Trinajstić information content (AvgIpc) is 2.97. The number of carbonyl (C=O) groups is 1. The minimum absolute atomic E-state index is 0.148. The van der Waals surface area contributed by atoms with Gasteiger partial charge in [-0.15, -0.1) is 0 Å². The minimum atomic E-state index is -0.983. The van der Waals surface area contributed by atoms with E-state index in [0.29, 0.717) is 17.3 Å². The highest BCUT2D eigenvalue weighted by Gasteiger charge is 2.36. The second-order valence-corrected chi connectivity index (χ2v) is 6.22. The number of carboxylic acid groups (broad SMARTS) is 1. The molecule has 0 bridgehead atoms. The summed E-state index contributed by atoms with van der Waals surface area (Å²) in [5.41, 5.74) is 0. The van der Waals surface area contributed by atoms with E-state index in [2.05, 4.69) is 4.98 Å². The van der Waals surface area contributed by atoms with Gasteiger partial charge in [0, 0.05) is 23.4 Å². The smallest absolute Gasteiger partial charge is 0.373 e. The van der Waals surface area contributed by atoms with E-state index in [0.717, 1.165) is 5.75 Å². The highest BCUT2D eigenvalue weighted by atomic mass is 32.2. The number of aliphatic carboxylic acids is 1. The van der Waals surface area contributed by atoms with Gasteiger partial charge in [-0.3, -0.25) is 0 Å². The summed E-state index contributed by atoms with van der Waals surface area (Å²) in [6, 6.07) is -0.781. The van der Waals surface area contributed by atoms with E-state index in [9.17, 15) is 20.0 Å². The fraction of sp³-hybridized carbons (Fsp3) is 0.400. The Morgan fingerprint density at radius 3 is 3.10 bits per heavy atom. The summed E-state index contributed by atoms with van der Waals surface area (Å²) >= 11 is 2.81. The highest BCUT2D eigenvalue weighted by molar-refractivity contribution is 7.99. The number of aromatic nitrogens is 2. The number of anilines is 1. The van der Waals surface area contributed by atoms with Crippen molar-refractivity contribution < 1.29 is 14.8 Å². The van der Waals surface area contributed by atoms with Crippen molar-refractivity contribution in [2.24, 2.45) is 0 Å². The molecule has 0 saturated carbocycles. The number of fused-ring (bicyclic) bond motifs is 1. The molecule has 1 atom stereocenters. The monoisotopic (exact) mass is 314 g/mol. The Bertz CT molecular complexity index is 682. The van der Waals surface area contributed by atoms with Crippen molar-refractivity contribution in [2.75, 3.05) is 23.0 Å². The Kier molecular flexibility index (Phi) is 3.26. The molecule has 0 amide bonds. The van der Waals surface area contributed by atoms with Crippen molar-refractivity contribution in [1.82, 2.24) is 9.38 Å². The van der Waals surface area contributed by atoms with Crippen LogP contribution in [0.25, 0.3) is 4.96 Å². The zero-order valence-corrected chi connectivity index (χ0v) is 11.8. The predicted octanol–water partition coefficient (Wildman–Crippen LogP) is 1.31. The third-order valence-electron chi connectivity index (χ3n) is 3.08. The van der Waals surface area contributed by atoms with E-state index in [1.165, 1.54) is 32.4 Å². The molecule has 0 aromatic carbocycles. The summed E-state index contributed by atoms with van der Waals surface area (Å²) in [6.07, 6.45) is 1.57. The topological polar surface area (TPSA) is 101 Å². The van der Waals surface area contributed by atoms with Crippen LogP contribution in [0.5, 0.6) is 0 Å². The summed E-state index contributed by atoms with van der Waals surface area (Å²) in [6.45, 7) is 0.438. The standard InChI is InChI=1S/C10H10N4O4S2/c15-9(16)6-5-19-3-1-12(6)7-8(14(17)18)13-2-4-20-10(13)11-7/h2,4,6H,1,3,5H2,(H,15,16). The van der Waals surface area contributed by atoms with Crippen molar-refractivity contribution in [3.8, 4) is 0 Å². The SMILES string of the molecule is O=C(O)C1CSCCN1c1nc2sccn2c1[N+](=O)[O-]. The minimum Gasteiger partial charge on any atom is -0.480 e. The van der Waals surface area contributed by atoms with Crippen LogP contribution in [0.3, 0.4) is 0 Å². The van der Waals surface area contributed by atoms with Crippen LogP contribution in [-0.4, -0.2) is 49.5 Å². The lowest BCUT2D eigenvalue weighted by Gasteiger charge is -2.32. The lowest BCUT2D eigenvalue weighted by molar-refractivity contribution is -0.389. The number of thioether (sulfide) groups is 1. The Labute approximate surface area is 121 Å². The molecular weight excluding hydrogens is 304 g/mol. The average molecular weight is 314 g/mol. The molecule has 2 aromatic rings. The molecule has 0 radical (unpaired) electrons. The summed E-state index contributed by atoms with van der Waals surface area (Å²) in [4.78, 5) is 28.4. The largest absolute Gasteiger partial charge is 0.480 e. The van der Waals surface area contributed by atoms with Gasteiger partial charge in [0.15, 0.2) is 0 Å². The van der Waals surface area contributed by atoms with Gasteiger partial charge in [0.05, 0.1) is 0 Å². The van der Waals surface area contributed by atoms with Gasteiger partial charge in [-0.2, -0.15) is 21.1 Å². The van der Waals surface area contributed by atoms with Crippen molar-refractivity contribution in [2.45, 2.75) is 6.04 Å². The normalized spacial score (nSPS) is 19.4. The van der Waals surface area contributed by atoms with Crippen LogP contribution in [0.1, 0.15) is 0 Å². The number of carboxylic acids is 1.